The summed E-state index contributed by atoms with van der Waals surface area (Å²) in [4.78, 5) is 12.9. The quantitative estimate of drug-likeness (QED) is 0.727. The van der Waals surface area contributed by atoms with Gasteiger partial charge >= 0.3 is 5.97 Å². The fourth-order valence-electron chi connectivity index (χ4n) is 2.18. The summed E-state index contributed by atoms with van der Waals surface area (Å²) in [5, 5.41) is 8.64. The Bertz CT molecular complexity index is 260. The second-order valence-electron chi connectivity index (χ2n) is 4.79. The number of hydrogen-bond donors (Lipinski definition) is 1. The van der Waals surface area contributed by atoms with Crippen LogP contribution in [0.25, 0.3) is 0 Å². The standard InChI is InChI=1S/C12H21NO2/c1-9-4-5-11(3)13(7-9)8-10(2)6-12(14)15/h6,9,11H,4-5,7-8H2,1-3H3,(H,14,15). The summed E-state index contributed by atoms with van der Waals surface area (Å²) in [7, 11) is 0. The van der Waals surface area contributed by atoms with Gasteiger partial charge in [-0.25, -0.2) is 4.79 Å². The number of piperidine rings is 1. The fraction of sp³-hybridized carbons (Fsp3) is 0.750. The second kappa shape index (κ2) is 5.31. The van der Waals surface area contributed by atoms with Crippen molar-refractivity contribution in [3.05, 3.63) is 11.6 Å². The van der Waals surface area contributed by atoms with Gasteiger partial charge in [0, 0.05) is 25.2 Å². The molecular formula is C12H21NO2. The molecule has 1 aliphatic rings. The Hall–Kier alpha value is -0.830. The van der Waals surface area contributed by atoms with Gasteiger partial charge in [-0.2, -0.15) is 0 Å². The van der Waals surface area contributed by atoms with Crippen LogP contribution < -0.4 is 0 Å². The van der Waals surface area contributed by atoms with Crippen LogP contribution in [0.5, 0.6) is 0 Å². The van der Waals surface area contributed by atoms with Gasteiger partial charge in [-0.3, -0.25) is 4.90 Å². The van der Waals surface area contributed by atoms with Crippen molar-refractivity contribution in [3.63, 3.8) is 0 Å². The lowest BCUT2D eigenvalue weighted by molar-refractivity contribution is -0.131. The lowest BCUT2D eigenvalue weighted by Crippen LogP contribution is -2.41. The second-order valence-corrected chi connectivity index (χ2v) is 4.79. The van der Waals surface area contributed by atoms with E-state index in [0.29, 0.717) is 6.04 Å². The molecule has 1 rings (SSSR count). The zero-order valence-electron chi connectivity index (χ0n) is 9.86. The van der Waals surface area contributed by atoms with Crippen molar-refractivity contribution in [2.45, 2.75) is 39.7 Å². The van der Waals surface area contributed by atoms with Crippen molar-refractivity contribution in [1.82, 2.24) is 4.90 Å². The molecule has 2 unspecified atom stereocenters. The van der Waals surface area contributed by atoms with Crippen molar-refractivity contribution in [3.8, 4) is 0 Å². The molecule has 3 heteroatoms. The highest BCUT2D eigenvalue weighted by Crippen LogP contribution is 2.21. The Morgan fingerprint density at radius 1 is 1.47 bits per heavy atom. The first kappa shape index (κ1) is 12.2. The summed E-state index contributed by atoms with van der Waals surface area (Å²) in [5.41, 5.74) is 0.934. The van der Waals surface area contributed by atoms with E-state index in [0.717, 1.165) is 24.6 Å². The smallest absolute Gasteiger partial charge is 0.328 e. The monoisotopic (exact) mass is 211 g/mol. The van der Waals surface area contributed by atoms with E-state index in [1.54, 1.807) is 0 Å². The summed E-state index contributed by atoms with van der Waals surface area (Å²) in [6.07, 6.45) is 3.83. The van der Waals surface area contributed by atoms with Crippen LogP contribution in [0.4, 0.5) is 0 Å². The van der Waals surface area contributed by atoms with Gasteiger partial charge in [0.2, 0.25) is 0 Å². The molecule has 1 saturated heterocycles. The Balaban J connectivity index is 2.52. The van der Waals surface area contributed by atoms with Gasteiger partial charge in [0.1, 0.15) is 0 Å². The van der Waals surface area contributed by atoms with E-state index in [9.17, 15) is 4.79 Å². The number of nitrogens with zero attached hydrogens (tertiary/aromatic N) is 1. The Morgan fingerprint density at radius 2 is 2.13 bits per heavy atom. The predicted molar refractivity (Wildman–Crippen MR) is 60.8 cm³/mol. The number of carboxylic acids is 1. The Labute approximate surface area is 91.8 Å². The minimum absolute atomic E-state index is 0.582. The minimum Gasteiger partial charge on any atom is -0.478 e. The lowest BCUT2D eigenvalue weighted by Gasteiger charge is -2.36. The SMILES string of the molecule is CC(=CC(=O)O)CN1CC(C)CCC1C. The van der Waals surface area contributed by atoms with E-state index < -0.39 is 5.97 Å². The summed E-state index contributed by atoms with van der Waals surface area (Å²) >= 11 is 0. The van der Waals surface area contributed by atoms with Crippen molar-refractivity contribution >= 4 is 5.97 Å². The Kier molecular flexibility index (Phi) is 4.33. The maximum atomic E-state index is 10.5. The fourth-order valence-corrected chi connectivity index (χ4v) is 2.18. The van der Waals surface area contributed by atoms with E-state index in [1.807, 2.05) is 6.92 Å². The largest absolute Gasteiger partial charge is 0.478 e. The molecule has 0 aliphatic carbocycles. The molecule has 0 aromatic carbocycles. The highest BCUT2D eigenvalue weighted by molar-refractivity contribution is 5.80. The molecule has 3 nitrogen and oxygen atoms in total. The molecule has 1 N–H and O–H groups in total. The minimum atomic E-state index is -0.842. The topological polar surface area (TPSA) is 40.5 Å². The van der Waals surface area contributed by atoms with E-state index in [4.69, 9.17) is 5.11 Å². The third kappa shape index (κ3) is 4.04. The molecule has 0 aromatic rings. The third-order valence-corrected chi connectivity index (χ3v) is 3.07. The van der Waals surface area contributed by atoms with E-state index in [2.05, 4.69) is 18.7 Å². The van der Waals surface area contributed by atoms with Crippen LogP contribution in [0, 0.1) is 5.92 Å². The first-order valence-electron chi connectivity index (χ1n) is 5.63. The van der Waals surface area contributed by atoms with Gasteiger partial charge in [-0.1, -0.05) is 12.5 Å². The van der Waals surface area contributed by atoms with Crippen LogP contribution in [0.1, 0.15) is 33.6 Å². The molecule has 15 heavy (non-hydrogen) atoms. The van der Waals surface area contributed by atoms with E-state index in [1.165, 1.54) is 18.9 Å². The molecule has 0 bridgehead atoms. The summed E-state index contributed by atoms with van der Waals surface area (Å²) in [6, 6.07) is 0.582. The van der Waals surface area contributed by atoms with Crippen molar-refractivity contribution < 1.29 is 9.90 Å². The first-order chi connectivity index (χ1) is 6.99. The van der Waals surface area contributed by atoms with Crippen LogP contribution in [0.3, 0.4) is 0 Å². The van der Waals surface area contributed by atoms with E-state index in [-0.39, 0.29) is 0 Å². The number of carboxylic acid groups (broad SMARTS) is 1. The molecule has 0 aromatic heterocycles. The number of carbonyl (C=O) groups is 1. The summed E-state index contributed by atoms with van der Waals surface area (Å²) < 4.78 is 0. The molecular weight excluding hydrogens is 190 g/mol. The number of hydrogen-bond acceptors (Lipinski definition) is 2. The van der Waals surface area contributed by atoms with E-state index >= 15 is 0 Å². The van der Waals surface area contributed by atoms with Gasteiger partial charge in [-0.15, -0.1) is 0 Å². The van der Waals surface area contributed by atoms with Crippen LogP contribution in [-0.2, 0) is 4.79 Å². The van der Waals surface area contributed by atoms with Gasteiger partial charge in [-0.05, 0) is 32.6 Å². The average Bonchev–Trinajstić information content (AvgIpc) is 2.10. The third-order valence-electron chi connectivity index (χ3n) is 3.07. The molecule has 0 spiro atoms. The summed E-state index contributed by atoms with van der Waals surface area (Å²) in [5.74, 6) is -0.107. The number of likely N-dealkylation sites (tertiary alicyclic amines) is 1. The predicted octanol–water partition coefficient (Wildman–Crippen LogP) is 2.14. The highest BCUT2D eigenvalue weighted by atomic mass is 16.4. The van der Waals surface area contributed by atoms with Crippen LogP contribution in [0.2, 0.25) is 0 Å². The zero-order valence-corrected chi connectivity index (χ0v) is 9.86. The maximum Gasteiger partial charge on any atom is 0.328 e. The van der Waals surface area contributed by atoms with Crippen LogP contribution in [0.15, 0.2) is 11.6 Å². The molecule has 2 atom stereocenters. The lowest BCUT2D eigenvalue weighted by atomic mass is 9.94. The number of rotatable bonds is 3. The van der Waals surface area contributed by atoms with Gasteiger partial charge in [0.25, 0.3) is 0 Å². The van der Waals surface area contributed by atoms with Gasteiger partial charge < -0.3 is 5.11 Å². The molecule has 0 radical (unpaired) electrons. The summed E-state index contributed by atoms with van der Waals surface area (Å²) in [6.45, 7) is 8.25. The highest BCUT2D eigenvalue weighted by Gasteiger charge is 2.22. The Morgan fingerprint density at radius 3 is 2.73 bits per heavy atom. The van der Waals surface area contributed by atoms with Crippen LogP contribution in [-0.4, -0.2) is 35.1 Å². The molecule has 1 heterocycles. The molecule has 0 saturated carbocycles. The van der Waals surface area contributed by atoms with Crippen LogP contribution >= 0.6 is 0 Å². The molecule has 0 amide bonds. The normalized spacial score (nSPS) is 29.1. The molecule has 1 fully saturated rings. The zero-order chi connectivity index (χ0) is 11.4. The van der Waals surface area contributed by atoms with Crippen molar-refractivity contribution in [2.24, 2.45) is 5.92 Å². The molecule has 86 valence electrons. The first-order valence-corrected chi connectivity index (χ1v) is 5.63. The maximum absolute atomic E-state index is 10.5. The van der Waals surface area contributed by atoms with Gasteiger partial charge in [0.15, 0.2) is 0 Å². The van der Waals surface area contributed by atoms with Crippen molar-refractivity contribution in [2.75, 3.05) is 13.1 Å². The molecule has 1 aliphatic heterocycles. The van der Waals surface area contributed by atoms with Gasteiger partial charge in [0.05, 0.1) is 0 Å². The average molecular weight is 211 g/mol. The number of aliphatic carboxylic acids is 1. The van der Waals surface area contributed by atoms with Crippen molar-refractivity contribution in [1.29, 1.82) is 0 Å².